The highest BCUT2D eigenvalue weighted by Crippen LogP contribution is 2.37. The fraction of sp³-hybridized carbons (Fsp3) is 0.417. The molecule has 0 unspecified atom stereocenters. The Morgan fingerprint density at radius 2 is 1.97 bits per heavy atom. The Morgan fingerprint density at radius 1 is 1.19 bits per heavy atom. The molecule has 0 bridgehead atoms. The number of nitrogens with zero attached hydrogens (tertiary/aromatic N) is 2. The summed E-state index contributed by atoms with van der Waals surface area (Å²) < 4.78 is 10.9. The molecule has 5 rings (SSSR count). The van der Waals surface area contributed by atoms with Crippen molar-refractivity contribution in [3.63, 3.8) is 0 Å². The molecule has 2 N–H and O–H groups in total. The van der Waals surface area contributed by atoms with E-state index in [1.807, 2.05) is 42.2 Å². The predicted octanol–water partition coefficient (Wildman–Crippen LogP) is 3.23. The molecule has 0 saturated carbocycles. The summed E-state index contributed by atoms with van der Waals surface area (Å²) in [5.41, 5.74) is 2.87. The highest BCUT2D eigenvalue weighted by atomic mass is 32.1. The lowest BCUT2D eigenvalue weighted by Crippen LogP contribution is -2.59. The molecule has 1 amide bonds. The van der Waals surface area contributed by atoms with E-state index in [4.69, 9.17) is 21.7 Å². The Balaban J connectivity index is 1.27. The Hall–Kier alpha value is -2.84. The first-order valence-corrected chi connectivity index (χ1v) is 11.4. The molecule has 168 valence electrons. The summed E-state index contributed by atoms with van der Waals surface area (Å²) in [5.74, 6) is 1.63. The Kier molecular flexibility index (Phi) is 5.43. The number of aryl methyl sites for hydroxylation is 1. The van der Waals surface area contributed by atoms with Crippen molar-refractivity contribution in [3.05, 3.63) is 53.6 Å². The lowest BCUT2D eigenvalue weighted by atomic mass is 9.95. The van der Waals surface area contributed by atoms with Gasteiger partial charge in [-0.3, -0.25) is 10.1 Å². The SMILES string of the molecule is Cc1cccc(NC(=S)N2CCC3(CC2)N[C@@H](C)C(=O)N3Cc2ccc3c(c2)OCO3)c1. The number of rotatable bonds is 3. The number of benzene rings is 2. The van der Waals surface area contributed by atoms with Crippen LogP contribution in [0.25, 0.3) is 0 Å². The minimum Gasteiger partial charge on any atom is -0.454 e. The normalized spacial score (nSPS) is 21.3. The second kappa shape index (κ2) is 8.26. The fourth-order valence-electron chi connectivity index (χ4n) is 4.86. The van der Waals surface area contributed by atoms with Crippen LogP contribution in [0.4, 0.5) is 5.69 Å². The first-order chi connectivity index (χ1) is 15.4. The quantitative estimate of drug-likeness (QED) is 0.693. The second-order valence-corrected chi connectivity index (χ2v) is 9.18. The molecular weight excluding hydrogens is 424 g/mol. The Morgan fingerprint density at radius 3 is 2.75 bits per heavy atom. The highest BCUT2D eigenvalue weighted by molar-refractivity contribution is 7.80. The van der Waals surface area contributed by atoms with Crippen molar-refractivity contribution < 1.29 is 14.3 Å². The summed E-state index contributed by atoms with van der Waals surface area (Å²) in [4.78, 5) is 17.3. The van der Waals surface area contributed by atoms with Crippen molar-refractivity contribution >= 4 is 28.9 Å². The monoisotopic (exact) mass is 452 g/mol. The molecule has 7 nitrogen and oxygen atoms in total. The molecule has 0 radical (unpaired) electrons. The van der Waals surface area contributed by atoms with Gasteiger partial charge in [-0.1, -0.05) is 18.2 Å². The first-order valence-electron chi connectivity index (χ1n) is 11.0. The molecule has 1 atom stereocenters. The molecule has 2 saturated heterocycles. The van der Waals surface area contributed by atoms with Crippen LogP contribution in [0.15, 0.2) is 42.5 Å². The number of fused-ring (bicyclic) bond motifs is 1. The van der Waals surface area contributed by atoms with Crippen LogP contribution in [0.2, 0.25) is 0 Å². The summed E-state index contributed by atoms with van der Waals surface area (Å²) in [5, 5.41) is 7.67. The molecule has 1 spiro atoms. The minimum atomic E-state index is -0.359. The molecule has 3 aliphatic heterocycles. The number of thiocarbonyl (C=S) groups is 1. The number of anilines is 1. The number of amides is 1. The van der Waals surface area contributed by atoms with E-state index in [1.54, 1.807) is 0 Å². The van der Waals surface area contributed by atoms with E-state index >= 15 is 0 Å². The maximum atomic E-state index is 13.1. The van der Waals surface area contributed by atoms with Crippen LogP contribution < -0.4 is 20.1 Å². The van der Waals surface area contributed by atoms with Crippen molar-refractivity contribution in [2.24, 2.45) is 0 Å². The molecule has 2 aromatic carbocycles. The maximum absolute atomic E-state index is 13.1. The van der Waals surface area contributed by atoms with E-state index in [9.17, 15) is 4.79 Å². The first kappa shape index (κ1) is 21.0. The number of nitrogens with one attached hydrogen (secondary N) is 2. The summed E-state index contributed by atoms with van der Waals surface area (Å²) in [7, 11) is 0. The van der Waals surface area contributed by atoms with Gasteiger partial charge in [-0.2, -0.15) is 0 Å². The summed E-state index contributed by atoms with van der Waals surface area (Å²) in [6.45, 7) is 6.36. The molecule has 0 aliphatic carbocycles. The molecular formula is C24H28N4O3S. The van der Waals surface area contributed by atoms with Crippen molar-refractivity contribution in [1.82, 2.24) is 15.1 Å². The maximum Gasteiger partial charge on any atom is 0.241 e. The van der Waals surface area contributed by atoms with Gasteiger partial charge in [0.1, 0.15) is 0 Å². The zero-order valence-electron chi connectivity index (χ0n) is 18.4. The van der Waals surface area contributed by atoms with Crippen LogP contribution in [0.5, 0.6) is 11.5 Å². The van der Waals surface area contributed by atoms with Crippen molar-refractivity contribution in [3.8, 4) is 11.5 Å². The minimum absolute atomic E-state index is 0.136. The van der Waals surface area contributed by atoms with Crippen LogP contribution in [0, 0.1) is 6.92 Å². The number of hydrogen-bond acceptors (Lipinski definition) is 5. The van der Waals surface area contributed by atoms with Gasteiger partial charge in [-0.05, 0) is 61.5 Å². The molecule has 8 heteroatoms. The lowest BCUT2D eigenvalue weighted by molar-refractivity contribution is -0.133. The van der Waals surface area contributed by atoms with E-state index in [1.165, 1.54) is 5.56 Å². The summed E-state index contributed by atoms with van der Waals surface area (Å²) in [6.07, 6.45) is 1.62. The van der Waals surface area contributed by atoms with E-state index in [2.05, 4.69) is 34.6 Å². The summed E-state index contributed by atoms with van der Waals surface area (Å²) in [6, 6.07) is 13.9. The van der Waals surface area contributed by atoms with E-state index in [0.29, 0.717) is 6.54 Å². The van der Waals surface area contributed by atoms with E-state index < -0.39 is 0 Å². The van der Waals surface area contributed by atoms with Gasteiger partial charge >= 0.3 is 0 Å². The number of likely N-dealkylation sites (tertiary alicyclic amines) is 1. The molecule has 3 heterocycles. The van der Waals surface area contributed by atoms with Gasteiger partial charge in [0.15, 0.2) is 16.6 Å². The van der Waals surface area contributed by atoms with Gasteiger partial charge in [0.2, 0.25) is 12.7 Å². The van der Waals surface area contributed by atoms with Gasteiger partial charge < -0.3 is 24.6 Å². The number of ether oxygens (including phenoxy) is 2. The third kappa shape index (κ3) is 3.89. The van der Waals surface area contributed by atoms with Crippen LogP contribution in [0.3, 0.4) is 0 Å². The van der Waals surface area contributed by atoms with Crippen LogP contribution in [0.1, 0.15) is 30.9 Å². The molecule has 3 aliphatic rings. The number of carbonyl (C=O) groups is 1. The molecule has 32 heavy (non-hydrogen) atoms. The Bertz CT molecular complexity index is 1050. The molecule has 2 aromatic rings. The van der Waals surface area contributed by atoms with Gasteiger partial charge in [-0.25, -0.2) is 0 Å². The molecule has 0 aromatic heterocycles. The van der Waals surface area contributed by atoms with Crippen LogP contribution in [-0.4, -0.2) is 52.4 Å². The van der Waals surface area contributed by atoms with Crippen LogP contribution >= 0.6 is 12.2 Å². The summed E-state index contributed by atoms with van der Waals surface area (Å²) >= 11 is 5.68. The number of hydrogen-bond donors (Lipinski definition) is 2. The van der Waals surface area contributed by atoms with Gasteiger partial charge in [-0.15, -0.1) is 0 Å². The molecule has 2 fully saturated rings. The lowest BCUT2D eigenvalue weighted by Gasteiger charge is -2.45. The standard InChI is InChI=1S/C24H28N4O3S/c1-16-4-3-5-19(12-16)25-23(32)27-10-8-24(9-11-27)26-17(2)22(29)28(24)14-18-6-7-20-21(13-18)31-15-30-20/h3-7,12-13,17,26H,8-11,14-15H2,1-2H3,(H,25,32)/t17-/m0/s1. The predicted molar refractivity (Wildman–Crippen MR) is 127 cm³/mol. The average molecular weight is 453 g/mol. The topological polar surface area (TPSA) is 66.1 Å². The third-order valence-electron chi connectivity index (χ3n) is 6.56. The van der Waals surface area contributed by atoms with Crippen molar-refractivity contribution in [2.45, 2.75) is 44.9 Å². The van der Waals surface area contributed by atoms with E-state index in [0.717, 1.165) is 53.8 Å². The van der Waals surface area contributed by atoms with Gasteiger partial charge in [0.25, 0.3) is 0 Å². The zero-order valence-corrected chi connectivity index (χ0v) is 19.2. The number of piperidine rings is 1. The Labute approximate surface area is 193 Å². The third-order valence-corrected chi connectivity index (χ3v) is 6.92. The van der Waals surface area contributed by atoms with E-state index in [-0.39, 0.29) is 24.4 Å². The van der Waals surface area contributed by atoms with Crippen LogP contribution in [-0.2, 0) is 11.3 Å². The fourth-order valence-corrected chi connectivity index (χ4v) is 5.16. The van der Waals surface area contributed by atoms with Gasteiger partial charge in [0.05, 0.1) is 11.7 Å². The number of carbonyl (C=O) groups excluding carboxylic acids is 1. The largest absolute Gasteiger partial charge is 0.454 e. The van der Waals surface area contributed by atoms with Crippen molar-refractivity contribution in [2.75, 3.05) is 25.2 Å². The zero-order chi connectivity index (χ0) is 22.3. The smallest absolute Gasteiger partial charge is 0.241 e. The van der Waals surface area contributed by atoms with Gasteiger partial charge in [0, 0.05) is 38.2 Å². The van der Waals surface area contributed by atoms with Crippen molar-refractivity contribution in [1.29, 1.82) is 0 Å². The average Bonchev–Trinajstić information content (AvgIpc) is 3.33. The second-order valence-electron chi connectivity index (χ2n) is 8.80. The highest BCUT2D eigenvalue weighted by Gasteiger charge is 2.50.